The molecular formula is C17H19NO2. The molecule has 0 atom stereocenters. The molecule has 0 aliphatic rings. The van der Waals surface area contributed by atoms with Gasteiger partial charge in [-0.1, -0.05) is 42.5 Å². The average Bonchev–Trinajstić information content (AvgIpc) is 2.48. The smallest absolute Gasteiger partial charge is 0.337 e. The minimum Gasteiger partial charge on any atom is -0.478 e. The number of unbranched alkanes of at least 4 members (excludes halogenated alkanes) is 1. The Hall–Kier alpha value is -2.29. The van der Waals surface area contributed by atoms with E-state index >= 15 is 0 Å². The van der Waals surface area contributed by atoms with E-state index in [2.05, 4.69) is 29.6 Å². The van der Waals surface area contributed by atoms with Gasteiger partial charge in [0, 0.05) is 12.2 Å². The first-order chi connectivity index (χ1) is 9.77. The van der Waals surface area contributed by atoms with Gasteiger partial charge in [0.15, 0.2) is 0 Å². The summed E-state index contributed by atoms with van der Waals surface area (Å²) in [6.07, 6.45) is 3.16. The van der Waals surface area contributed by atoms with Crippen molar-refractivity contribution >= 4 is 11.7 Å². The summed E-state index contributed by atoms with van der Waals surface area (Å²) < 4.78 is 0. The number of aryl methyl sites for hydroxylation is 1. The van der Waals surface area contributed by atoms with Crippen molar-refractivity contribution in [2.24, 2.45) is 0 Å². The van der Waals surface area contributed by atoms with Gasteiger partial charge in [-0.05, 0) is 37.0 Å². The number of para-hydroxylation sites is 1. The Kier molecular flexibility index (Phi) is 5.18. The zero-order chi connectivity index (χ0) is 14.2. The van der Waals surface area contributed by atoms with Gasteiger partial charge in [-0.3, -0.25) is 0 Å². The maximum atomic E-state index is 11.1. The molecule has 0 saturated carbocycles. The van der Waals surface area contributed by atoms with Crippen molar-refractivity contribution < 1.29 is 9.90 Å². The van der Waals surface area contributed by atoms with Gasteiger partial charge >= 0.3 is 5.97 Å². The maximum Gasteiger partial charge on any atom is 0.337 e. The van der Waals surface area contributed by atoms with Crippen molar-refractivity contribution in [3.8, 4) is 0 Å². The monoisotopic (exact) mass is 269 g/mol. The molecule has 3 nitrogen and oxygen atoms in total. The van der Waals surface area contributed by atoms with Crippen LogP contribution in [0.1, 0.15) is 28.8 Å². The molecular weight excluding hydrogens is 250 g/mol. The second-order valence-corrected chi connectivity index (χ2v) is 4.72. The van der Waals surface area contributed by atoms with Gasteiger partial charge in [0.2, 0.25) is 0 Å². The van der Waals surface area contributed by atoms with E-state index in [9.17, 15) is 4.79 Å². The van der Waals surface area contributed by atoms with Gasteiger partial charge in [-0.25, -0.2) is 4.79 Å². The summed E-state index contributed by atoms with van der Waals surface area (Å²) >= 11 is 0. The molecule has 0 unspecified atom stereocenters. The quantitative estimate of drug-likeness (QED) is 0.751. The largest absolute Gasteiger partial charge is 0.478 e. The first kappa shape index (κ1) is 14.1. The SMILES string of the molecule is O=C(O)c1ccccc1NCCCCc1ccccc1. The molecule has 0 saturated heterocycles. The van der Waals surface area contributed by atoms with Crippen molar-refractivity contribution in [2.45, 2.75) is 19.3 Å². The predicted molar refractivity (Wildman–Crippen MR) is 81.3 cm³/mol. The molecule has 0 radical (unpaired) electrons. The summed E-state index contributed by atoms with van der Waals surface area (Å²) in [6.45, 7) is 0.789. The second kappa shape index (κ2) is 7.34. The number of hydrogen-bond acceptors (Lipinski definition) is 2. The van der Waals surface area contributed by atoms with Gasteiger partial charge in [0.05, 0.1) is 5.56 Å². The van der Waals surface area contributed by atoms with Crippen LogP contribution >= 0.6 is 0 Å². The molecule has 2 rings (SSSR count). The molecule has 0 heterocycles. The summed E-state index contributed by atoms with van der Waals surface area (Å²) in [4.78, 5) is 11.1. The molecule has 20 heavy (non-hydrogen) atoms. The minimum absolute atomic E-state index is 0.329. The Morgan fingerprint density at radius 1 is 0.950 bits per heavy atom. The molecule has 0 amide bonds. The number of nitrogens with one attached hydrogen (secondary N) is 1. The Morgan fingerprint density at radius 3 is 2.40 bits per heavy atom. The molecule has 2 N–H and O–H groups in total. The summed E-state index contributed by atoms with van der Waals surface area (Å²) in [7, 11) is 0. The zero-order valence-corrected chi connectivity index (χ0v) is 11.4. The van der Waals surface area contributed by atoms with Crippen molar-refractivity contribution in [1.29, 1.82) is 0 Å². The fraction of sp³-hybridized carbons (Fsp3) is 0.235. The molecule has 2 aromatic rings. The molecule has 104 valence electrons. The van der Waals surface area contributed by atoms with Gasteiger partial charge in [-0.2, -0.15) is 0 Å². The molecule has 3 heteroatoms. The van der Waals surface area contributed by atoms with Gasteiger partial charge < -0.3 is 10.4 Å². The lowest BCUT2D eigenvalue weighted by Crippen LogP contribution is -2.07. The molecule has 0 spiro atoms. The third-order valence-electron chi connectivity index (χ3n) is 3.21. The first-order valence-electron chi connectivity index (χ1n) is 6.87. The van der Waals surface area contributed by atoms with Crippen LogP contribution in [0.3, 0.4) is 0 Å². The molecule has 0 aliphatic heterocycles. The zero-order valence-electron chi connectivity index (χ0n) is 11.4. The summed E-state index contributed by atoms with van der Waals surface area (Å²) in [5.74, 6) is -0.891. The lowest BCUT2D eigenvalue weighted by molar-refractivity contribution is 0.0698. The average molecular weight is 269 g/mol. The third-order valence-corrected chi connectivity index (χ3v) is 3.21. The van der Waals surface area contributed by atoms with E-state index < -0.39 is 5.97 Å². The normalized spacial score (nSPS) is 10.2. The van der Waals surface area contributed by atoms with Crippen LogP contribution in [0.25, 0.3) is 0 Å². The number of carboxylic acids is 1. The predicted octanol–water partition coefficient (Wildman–Crippen LogP) is 3.82. The van der Waals surface area contributed by atoms with Crippen LogP contribution in [0.15, 0.2) is 54.6 Å². The Labute approximate surface area is 119 Å². The van der Waals surface area contributed by atoms with Crippen LogP contribution in [0, 0.1) is 0 Å². The molecule has 0 aromatic heterocycles. The van der Waals surface area contributed by atoms with Crippen LogP contribution in [0.5, 0.6) is 0 Å². The van der Waals surface area contributed by atoms with E-state index in [1.807, 2.05) is 12.1 Å². The van der Waals surface area contributed by atoms with E-state index in [1.54, 1.807) is 18.2 Å². The number of rotatable bonds is 7. The van der Waals surface area contributed by atoms with Crippen molar-refractivity contribution in [1.82, 2.24) is 0 Å². The van der Waals surface area contributed by atoms with Crippen LogP contribution < -0.4 is 5.32 Å². The fourth-order valence-electron chi connectivity index (χ4n) is 2.15. The van der Waals surface area contributed by atoms with E-state index in [0.717, 1.165) is 25.8 Å². The van der Waals surface area contributed by atoms with Crippen LogP contribution in [0.4, 0.5) is 5.69 Å². The highest BCUT2D eigenvalue weighted by Gasteiger charge is 2.07. The van der Waals surface area contributed by atoms with Gasteiger partial charge in [0.1, 0.15) is 0 Å². The number of carbonyl (C=O) groups is 1. The highest BCUT2D eigenvalue weighted by Crippen LogP contribution is 2.15. The van der Waals surface area contributed by atoms with Crippen LogP contribution in [0.2, 0.25) is 0 Å². The highest BCUT2D eigenvalue weighted by atomic mass is 16.4. The molecule has 0 bridgehead atoms. The number of aromatic carboxylic acids is 1. The number of benzene rings is 2. The number of carboxylic acid groups (broad SMARTS) is 1. The molecule has 0 aliphatic carbocycles. The lowest BCUT2D eigenvalue weighted by Gasteiger charge is -2.09. The molecule has 2 aromatic carbocycles. The van der Waals surface area contributed by atoms with E-state index in [-0.39, 0.29) is 0 Å². The maximum absolute atomic E-state index is 11.1. The standard InChI is InChI=1S/C17H19NO2/c19-17(20)15-11-4-5-12-16(15)18-13-7-6-10-14-8-2-1-3-9-14/h1-5,8-9,11-12,18H,6-7,10,13H2,(H,19,20). The Balaban J connectivity index is 1.75. The topological polar surface area (TPSA) is 49.3 Å². The Morgan fingerprint density at radius 2 is 1.65 bits per heavy atom. The highest BCUT2D eigenvalue weighted by molar-refractivity contribution is 5.94. The first-order valence-corrected chi connectivity index (χ1v) is 6.87. The third kappa shape index (κ3) is 4.12. The lowest BCUT2D eigenvalue weighted by atomic mass is 10.1. The Bertz CT molecular complexity index is 552. The summed E-state index contributed by atoms with van der Waals surface area (Å²) in [5.41, 5.74) is 2.37. The van der Waals surface area contributed by atoms with Crippen molar-refractivity contribution in [3.63, 3.8) is 0 Å². The van der Waals surface area contributed by atoms with E-state index in [4.69, 9.17) is 5.11 Å². The van der Waals surface area contributed by atoms with Crippen molar-refractivity contribution in [3.05, 3.63) is 65.7 Å². The van der Waals surface area contributed by atoms with E-state index in [0.29, 0.717) is 11.3 Å². The van der Waals surface area contributed by atoms with Gasteiger partial charge in [0.25, 0.3) is 0 Å². The number of anilines is 1. The van der Waals surface area contributed by atoms with Gasteiger partial charge in [-0.15, -0.1) is 0 Å². The number of hydrogen-bond donors (Lipinski definition) is 2. The molecule has 0 fully saturated rings. The minimum atomic E-state index is -0.891. The van der Waals surface area contributed by atoms with Crippen LogP contribution in [-0.4, -0.2) is 17.6 Å². The summed E-state index contributed by atoms with van der Waals surface area (Å²) in [5, 5.41) is 12.3. The second-order valence-electron chi connectivity index (χ2n) is 4.72. The summed E-state index contributed by atoms with van der Waals surface area (Å²) in [6, 6.07) is 17.4. The van der Waals surface area contributed by atoms with Crippen LogP contribution in [-0.2, 0) is 6.42 Å². The van der Waals surface area contributed by atoms with Crippen molar-refractivity contribution in [2.75, 3.05) is 11.9 Å². The fourth-order valence-corrected chi connectivity index (χ4v) is 2.15. The van der Waals surface area contributed by atoms with E-state index in [1.165, 1.54) is 5.56 Å².